The Kier molecular flexibility index (Phi) is 17.7. The maximum atomic E-state index is 13.9. The van der Waals surface area contributed by atoms with Crippen LogP contribution >= 0.6 is 0 Å². The number of hydrogen-bond donors (Lipinski definition) is 12. The van der Waals surface area contributed by atoms with Gasteiger partial charge in [0, 0.05) is 28.4 Å². The minimum absolute atomic E-state index is 0.162. The van der Waals surface area contributed by atoms with Crippen molar-refractivity contribution in [1.29, 1.82) is 0 Å². The van der Waals surface area contributed by atoms with Crippen LogP contribution in [0.25, 0.3) is 0 Å². The Morgan fingerprint density at radius 2 is 1.23 bits per heavy atom. The van der Waals surface area contributed by atoms with Gasteiger partial charge in [-0.25, -0.2) is 14.4 Å². The van der Waals surface area contributed by atoms with Crippen LogP contribution in [-0.4, -0.2) is 209 Å². The van der Waals surface area contributed by atoms with Crippen LogP contribution in [0.5, 0.6) is 0 Å². The van der Waals surface area contributed by atoms with Crippen molar-refractivity contribution in [3.63, 3.8) is 0 Å². The molecule has 3 heterocycles. The Hall–Kier alpha value is -3.05. The predicted octanol–water partition coefficient (Wildman–Crippen LogP) is 0.612. The molecular formula is C57H88O23. The standard InChI is InChI=1S/C57H88O23/c1-12-25(3)46(70)77-42-43(78-47(71)26(4)13-2)56(24-60)28(20-51(42,5)6)27-14-15-33-53(9)18-17-34(52(7,8)32(53)16-19-54(33,10)55(27,11)40(66)41(56)67)76-50-44(79-48-39(65)37(63)35(61)30(22-58)74-48)57(72,21-29(73-50)45(68)69)80-49-38(64)36(62)31(23-59)75-49/h12-14,28-44,48-50,58-67,72H,15-24H2,1-11H3,(H,68,69)/t28?,29?,30?,31-,32?,33?,34-,35-,36+,37+,38?,39?,40-,41+,42-,43-,44?,48-,49-,50-,53-,54+,55-,56-,57+/m0/s1. The number of fused-ring (bicyclic) bond motifs is 7. The molecule has 3 saturated heterocycles. The third-order valence-electron chi connectivity index (χ3n) is 21.4. The normalized spacial score (nSPS) is 49.0. The molecule has 4 saturated carbocycles. The van der Waals surface area contributed by atoms with Gasteiger partial charge < -0.3 is 99.2 Å². The molecule has 0 spiro atoms. The number of esters is 2. The highest BCUT2D eigenvalue weighted by Gasteiger charge is 2.76. The molecule has 80 heavy (non-hydrogen) atoms. The van der Waals surface area contributed by atoms with Gasteiger partial charge >= 0.3 is 17.9 Å². The van der Waals surface area contributed by atoms with E-state index in [0.29, 0.717) is 37.7 Å². The fraction of sp³-hybridized carbons (Fsp3) is 0.842. The molecule has 0 aromatic rings. The van der Waals surface area contributed by atoms with E-state index < -0.39 is 193 Å². The van der Waals surface area contributed by atoms with E-state index in [0.717, 1.165) is 5.57 Å². The average Bonchev–Trinajstić information content (AvgIpc) is 2.03. The number of allylic oxidation sites excluding steroid dienone is 3. The summed E-state index contributed by atoms with van der Waals surface area (Å²) >= 11 is 0. The quantitative estimate of drug-likeness (QED) is 0.0373. The number of carbonyl (C=O) groups is 3. The summed E-state index contributed by atoms with van der Waals surface area (Å²) < 4.78 is 48.8. The summed E-state index contributed by atoms with van der Waals surface area (Å²) in [5.74, 6) is -6.85. The van der Waals surface area contributed by atoms with Gasteiger partial charge in [-0.05, 0) is 100 Å². The molecule has 8 rings (SSSR count). The molecule has 0 aromatic carbocycles. The molecule has 7 fully saturated rings. The van der Waals surface area contributed by atoms with E-state index in [1.165, 1.54) is 0 Å². The molecule has 0 aromatic heterocycles. The van der Waals surface area contributed by atoms with Crippen LogP contribution in [0.3, 0.4) is 0 Å². The smallest absolute Gasteiger partial charge is 0.333 e. The second kappa shape index (κ2) is 22.4. The fourth-order valence-electron chi connectivity index (χ4n) is 16.2. The Morgan fingerprint density at radius 1 is 0.662 bits per heavy atom. The highest BCUT2D eigenvalue weighted by atomic mass is 16.8. The van der Waals surface area contributed by atoms with Gasteiger partial charge in [0.15, 0.2) is 37.2 Å². The molecule has 12 N–H and O–H groups in total. The highest BCUT2D eigenvalue weighted by molar-refractivity contribution is 5.89. The minimum Gasteiger partial charge on any atom is -0.479 e. The first-order valence-corrected chi connectivity index (χ1v) is 28.1. The number of aliphatic hydroxyl groups is 11. The summed E-state index contributed by atoms with van der Waals surface area (Å²) in [7, 11) is 0. The lowest BCUT2D eigenvalue weighted by molar-refractivity contribution is -0.432. The Labute approximate surface area is 466 Å². The van der Waals surface area contributed by atoms with Crippen LogP contribution in [-0.2, 0) is 52.3 Å². The van der Waals surface area contributed by atoms with Crippen LogP contribution in [0.15, 0.2) is 34.9 Å². The molecule has 3 aliphatic heterocycles. The number of hydrogen-bond acceptors (Lipinski definition) is 22. The summed E-state index contributed by atoms with van der Waals surface area (Å²) in [5.41, 5.74) is -4.46. The van der Waals surface area contributed by atoms with Gasteiger partial charge in [0.05, 0.1) is 43.5 Å². The zero-order chi connectivity index (χ0) is 59.4. The van der Waals surface area contributed by atoms with E-state index >= 15 is 0 Å². The fourth-order valence-corrected chi connectivity index (χ4v) is 16.2. The summed E-state index contributed by atoms with van der Waals surface area (Å²) in [6.07, 6.45) is -21.5. The first kappa shape index (κ1) is 63.0. The topological polar surface area (TPSA) is 368 Å². The van der Waals surface area contributed by atoms with Crippen molar-refractivity contribution in [3.05, 3.63) is 34.9 Å². The zero-order valence-electron chi connectivity index (χ0n) is 47.7. The lowest BCUT2D eigenvalue weighted by Gasteiger charge is -2.73. The molecule has 454 valence electrons. The summed E-state index contributed by atoms with van der Waals surface area (Å²) in [4.78, 5) is 40.3. The number of carboxylic acid groups (broad SMARTS) is 1. The third kappa shape index (κ3) is 9.76. The molecule has 23 nitrogen and oxygen atoms in total. The van der Waals surface area contributed by atoms with Crippen molar-refractivity contribution < 1.29 is 114 Å². The third-order valence-corrected chi connectivity index (χ3v) is 21.4. The summed E-state index contributed by atoms with van der Waals surface area (Å²) in [6.45, 7) is 18.3. The number of carbonyl (C=O) groups excluding carboxylic acids is 2. The Balaban J connectivity index is 1.14. The molecule has 25 atom stereocenters. The van der Waals surface area contributed by atoms with Gasteiger partial charge in [-0.1, -0.05) is 72.3 Å². The Morgan fingerprint density at radius 3 is 1.79 bits per heavy atom. The van der Waals surface area contributed by atoms with Crippen LogP contribution in [0.2, 0.25) is 0 Å². The zero-order valence-corrected chi connectivity index (χ0v) is 47.7. The number of aliphatic hydroxyl groups excluding tert-OH is 10. The van der Waals surface area contributed by atoms with E-state index in [-0.39, 0.29) is 23.8 Å². The van der Waals surface area contributed by atoms with Crippen molar-refractivity contribution in [2.45, 2.75) is 231 Å². The number of rotatable bonds is 14. The summed E-state index contributed by atoms with van der Waals surface area (Å²) in [5, 5.41) is 135. The molecule has 0 amide bonds. The highest BCUT2D eigenvalue weighted by Crippen LogP contribution is 2.76. The number of aliphatic carboxylic acids is 1. The maximum Gasteiger partial charge on any atom is 0.333 e. The van der Waals surface area contributed by atoms with Crippen LogP contribution < -0.4 is 0 Å². The van der Waals surface area contributed by atoms with E-state index in [9.17, 15) is 75.7 Å². The van der Waals surface area contributed by atoms with Crippen molar-refractivity contribution in [2.24, 2.45) is 50.2 Å². The number of carboxylic acids is 1. The molecule has 8 aliphatic rings. The lowest BCUT2D eigenvalue weighted by Crippen LogP contribution is -2.76. The van der Waals surface area contributed by atoms with Crippen molar-refractivity contribution in [1.82, 2.24) is 0 Å². The SMILES string of the molecule is CC=C(C)C(=O)O[C@H]1[C@H](OC(=O)C(C)=CC)[C@@]2(CO)C(CC1(C)C)C1=CCC3[C@@]4(C)CC[C@H](O[C@@H]5OC(C(=O)O)C[C@@](O)(O[C@@H]6O[C@@H](CO)[C@@H](O)C6O)C5O[C@@H]5OC(CO)[C@H](O)[C@@H](O)C5O)C(C)(C)C4CC[C@@]3(C)[C@]1(C)[C@@H](O)[C@H]2O. The van der Waals surface area contributed by atoms with E-state index in [2.05, 4.69) is 19.9 Å². The average molecular weight is 1140 g/mol. The van der Waals surface area contributed by atoms with E-state index in [1.807, 2.05) is 34.6 Å². The summed E-state index contributed by atoms with van der Waals surface area (Å²) in [6, 6.07) is 0. The van der Waals surface area contributed by atoms with Crippen LogP contribution in [0.1, 0.15) is 121 Å². The largest absolute Gasteiger partial charge is 0.479 e. The first-order chi connectivity index (χ1) is 37.2. The van der Waals surface area contributed by atoms with Crippen LogP contribution in [0, 0.1) is 50.2 Å². The van der Waals surface area contributed by atoms with Crippen molar-refractivity contribution in [2.75, 3.05) is 19.8 Å². The minimum atomic E-state index is -2.89. The van der Waals surface area contributed by atoms with Crippen molar-refractivity contribution >= 4 is 17.9 Å². The second-order valence-electron chi connectivity index (χ2n) is 26.1. The second-order valence-corrected chi connectivity index (χ2v) is 26.1. The van der Waals surface area contributed by atoms with Gasteiger partial charge in [0.1, 0.15) is 48.8 Å². The molecule has 5 aliphatic carbocycles. The molecule has 23 heteroatoms. The molecular weight excluding hydrogens is 1050 g/mol. The Bertz CT molecular complexity index is 2410. The van der Waals surface area contributed by atoms with Gasteiger partial charge in [-0.3, -0.25) is 0 Å². The lowest BCUT2D eigenvalue weighted by atomic mass is 9.32. The molecule has 0 bridgehead atoms. The van der Waals surface area contributed by atoms with Crippen LogP contribution in [0.4, 0.5) is 0 Å². The van der Waals surface area contributed by atoms with Gasteiger partial charge in [-0.15, -0.1) is 0 Å². The van der Waals surface area contributed by atoms with Gasteiger partial charge in [0.25, 0.3) is 0 Å². The first-order valence-electron chi connectivity index (χ1n) is 28.1. The monoisotopic (exact) mass is 1140 g/mol. The van der Waals surface area contributed by atoms with E-state index in [4.69, 9.17) is 37.9 Å². The van der Waals surface area contributed by atoms with Gasteiger partial charge in [0.2, 0.25) is 5.79 Å². The number of ether oxygens (including phenoxy) is 8. The maximum absolute atomic E-state index is 13.9. The molecule has 8 unspecified atom stereocenters. The predicted molar refractivity (Wildman–Crippen MR) is 277 cm³/mol. The van der Waals surface area contributed by atoms with Crippen molar-refractivity contribution in [3.8, 4) is 0 Å². The van der Waals surface area contributed by atoms with Gasteiger partial charge in [-0.2, -0.15) is 0 Å². The molecule has 0 radical (unpaired) electrons. The van der Waals surface area contributed by atoms with E-state index in [1.54, 1.807) is 39.8 Å².